The van der Waals surface area contributed by atoms with E-state index >= 15 is 0 Å². The van der Waals surface area contributed by atoms with Gasteiger partial charge in [-0.3, -0.25) is 0 Å². The number of halogens is 9. The minimum Gasteiger partial charge on any atom is -0.200 e. The molecular formula is C36H31F9Si. The molecule has 0 aromatic heterocycles. The maximum atomic E-state index is 14.6. The topological polar surface area (TPSA) is 0 Å². The van der Waals surface area contributed by atoms with Gasteiger partial charge >= 0.3 is 23.9 Å². The van der Waals surface area contributed by atoms with Gasteiger partial charge in [0.05, 0.1) is 0 Å². The summed E-state index contributed by atoms with van der Waals surface area (Å²) in [6, 6.07) is 25.2. The van der Waals surface area contributed by atoms with E-state index in [2.05, 4.69) is 35.7 Å². The van der Waals surface area contributed by atoms with E-state index in [4.69, 9.17) is 0 Å². The normalized spacial score (nSPS) is 13.7. The lowest BCUT2D eigenvalue weighted by molar-refractivity contribution is -0.396. The molecule has 0 aliphatic heterocycles. The van der Waals surface area contributed by atoms with Crippen LogP contribution in [-0.2, 0) is 0 Å². The van der Waals surface area contributed by atoms with E-state index in [1.165, 1.54) is 0 Å². The summed E-state index contributed by atoms with van der Waals surface area (Å²) in [7, 11) is -3.33. The molecule has 0 heterocycles. The summed E-state index contributed by atoms with van der Waals surface area (Å²) in [6.07, 6.45) is -8.70. The van der Waals surface area contributed by atoms with Gasteiger partial charge in [-0.2, -0.15) is 39.5 Å². The van der Waals surface area contributed by atoms with Crippen molar-refractivity contribution in [2.75, 3.05) is 0 Å². The molecule has 0 aliphatic carbocycles. The molecule has 5 aromatic rings. The fraction of sp³-hybridized carbons (Fsp3) is 0.333. The molecule has 0 nitrogen and oxygen atoms in total. The molecule has 46 heavy (non-hydrogen) atoms. The Hall–Kier alpha value is -3.71. The third-order valence-corrected chi connectivity index (χ3v) is 15.0. The first-order valence-electron chi connectivity index (χ1n) is 14.8. The van der Waals surface area contributed by atoms with Gasteiger partial charge in [0.25, 0.3) is 0 Å². The molecule has 0 unspecified atom stereocenters. The summed E-state index contributed by atoms with van der Waals surface area (Å²) in [5.41, 5.74) is 2.90. The summed E-state index contributed by atoms with van der Waals surface area (Å²) >= 11 is 0. The SMILES string of the molecule is CC(C)[Si](C#Cc1cccc2cc3cc4cc5ccccc5cc4cc3cc12)(CCC(F)(F)C(F)(F)C(F)(F)C(F)(F)F)C(C)C. The number of benzene rings is 5. The van der Waals surface area contributed by atoms with Crippen molar-refractivity contribution in [3.05, 3.63) is 84.4 Å². The molecule has 0 N–H and O–H groups in total. The molecule has 0 atom stereocenters. The second-order valence-corrected chi connectivity index (χ2v) is 17.7. The van der Waals surface area contributed by atoms with E-state index in [-0.39, 0.29) is 0 Å². The van der Waals surface area contributed by atoms with Crippen molar-refractivity contribution in [2.24, 2.45) is 0 Å². The zero-order valence-electron chi connectivity index (χ0n) is 25.5. The van der Waals surface area contributed by atoms with E-state index in [0.717, 1.165) is 43.1 Å². The van der Waals surface area contributed by atoms with Gasteiger partial charge in [0.15, 0.2) is 0 Å². The molecule has 0 radical (unpaired) electrons. The standard InChI is InChI=1S/C36H31F9Si/c1-22(2)46(23(3)4,15-13-33(37,38)34(39,40)35(41,42)36(43,44)45)14-12-24-10-7-11-27-18-30-19-28-16-25-8-5-6-9-26(25)17-29(28)20-31(30)21-32(24)27/h5-11,16-23H,13,15H2,1-4H3. The Labute approximate surface area is 261 Å². The molecule has 5 rings (SSSR count). The first-order chi connectivity index (χ1) is 21.3. The highest BCUT2D eigenvalue weighted by Gasteiger charge is 2.81. The minimum absolute atomic E-state index is 0.399. The monoisotopic (exact) mass is 662 g/mol. The van der Waals surface area contributed by atoms with Gasteiger partial charge in [-0.15, -0.1) is 5.54 Å². The maximum absolute atomic E-state index is 14.6. The highest BCUT2D eigenvalue weighted by atomic mass is 28.3. The highest BCUT2D eigenvalue weighted by molar-refractivity contribution is 6.89. The van der Waals surface area contributed by atoms with E-state index < -0.39 is 55.6 Å². The summed E-state index contributed by atoms with van der Waals surface area (Å²) in [6.45, 7) is 6.75. The van der Waals surface area contributed by atoms with Crippen LogP contribution in [0.25, 0.3) is 43.1 Å². The van der Waals surface area contributed by atoms with Crippen LogP contribution >= 0.6 is 0 Å². The summed E-state index contributed by atoms with van der Waals surface area (Å²) in [4.78, 5) is 0. The molecule has 0 amide bonds. The van der Waals surface area contributed by atoms with Crippen molar-refractivity contribution < 1.29 is 39.5 Å². The molecule has 0 saturated heterocycles. The van der Waals surface area contributed by atoms with Gasteiger partial charge in [-0.05, 0) is 103 Å². The molecule has 0 aliphatic rings. The Kier molecular flexibility index (Phi) is 8.42. The lowest BCUT2D eigenvalue weighted by Gasteiger charge is -2.38. The fourth-order valence-electron chi connectivity index (χ4n) is 6.29. The second-order valence-electron chi connectivity index (χ2n) is 12.6. The molecule has 242 valence electrons. The molecule has 0 bridgehead atoms. The predicted octanol–water partition coefficient (Wildman–Crippen LogP) is 12.3. The van der Waals surface area contributed by atoms with Gasteiger partial charge in [-0.25, -0.2) is 0 Å². The van der Waals surface area contributed by atoms with Crippen LogP contribution in [0.1, 0.15) is 39.7 Å². The second kappa shape index (κ2) is 11.5. The molecule has 0 fully saturated rings. The molecule has 5 aromatic carbocycles. The predicted molar refractivity (Wildman–Crippen MR) is 170 cm³/mol. The Bertz CT molecular complexity index is 1990. The lowest BCUT2D eigenvalue weighted by atomic mass is 9.96. The lowest BCUT2D eigenvalue weighted by Crippen LogP contribution is -2.61. The van der Waals surface area contributed by atoms with Gasteiger partial charge in [0, 0.05) is 12.0 Å². The van der Waals surface area contributed by atoms with Crippen molar-refractivity contribution in [3.63, 3.8) is 0 Å². The summed E-state index contributed by atoms with van der Waals surface area (Å²) in [5.74, 6) is -16.1. The van der Waals surface area contributed by atoms with Crippen LogP contribution in [0, 0.1) is 11.5 Å². The van der Waals surface area contributed by atoms with Gasteiger partial charge in [-0.1, -0.05) is 70.0 Å². The van der Waals surface area contributed by atoms with Crippen LogP contribution in [0.5, 0.6) is 0 Å². The fourth-order valence-corrected chi connectivity index (χ4v) is 10.6. The van der Waals surface area contributed by atoms with Gasteiger partial charge in [0.2, 0.25) is 0 Å². The molecule has 0 saturated carbocycles. The quantitative estimate of drug-likeness (QED) is 0.0704. The van der Waals surface area contributed by atoms with Crippen molar-refractivity contribution >= 4 is 51.2 Å². The molecule has 10 heteroatoms. The Morgan fingerprint density at radius 1 is 0.565 bits per heavy atom. The van der Waals surface area contributed by atoms with Crippen LogP contribution < -0.4 is 0 Å². The van der Waals surface area contributed by atoms with Crippen molar-refractivity contribution in [2.45, 2.75) is 75.2 Å². The number of hydrogen-bond donors (Lipinski definition) is 0. The number of rotatable bonds is 7. The Balaban J connectivity index is 1.56. The first-order valence-corrected chi connectivity index (χ1v) is 17.2. The largest absolute Gasteiger partial charge is 0.460 e. The summed E-state index contributed by atoms with van der Waals surface area (Å²) in [5, 5.41) is 7.89. The number of fused-ring (bicyclic) bond motifs is 4. The van der Waals surface area contributed by atoms with Crippen LogP contribution in [-0.4, -0.2) is 32.0 Å². The van der Waals surface area contributed by atoms with Crippen molar-refractivity contribution in [1.29, 1.82) is 0 Å². The average Bonchev–Trinajstić information content (AvgIpc) is 2.97. The molecule has 0 spiro atoms. The minimum atomic E-state index is -6.90. The maximum Gasteiger partial charge on any atom is 0.460 e. The zero-order valence-corrected chi connectivity index (χ0v) is 26.5. The highest BCUT2D eigenvalue weighted by Crippen LogP contribution is 2.55. The third kappa shape index (κ3) is 5.61. The summed E-state index contributed by atoms with van der Waals surface area (Å²) < 4.78 is 123. The first kappa shape index (κ1) is 33.6. The van der Waals surface area contributed by atoms with Crippen molar-refractivity contribution in [3.8, 4) is 11.5 Å². The van der Waals surface area contributed by atoms with Crippen LogP contribution in [0.3, 0.4) is 0 Å². The molecular weight excluding hydrogens is 631 g/mol. The van der Waals surface area contributed by atoms with Crippen LogP contribution in [0.15, 0.2) is 78.9 Å². The van der Waals surface area contributed by atoms with E-state index in [9.17, 15) is 39.5 Å². The van der Waals surface area contributed by atoms with E-state index in [0.29, 0.717) is 5.56 Å². The average molecular weight is 663 g/mol. The Morgan fingerprint density at radius 2 is 1.02 bits per heavy atom. The Morgan fingerprint density at radius 3 is 1.52 bits per heavy atom. The van der Waals surface area contributed by atoms with Crippen LogP contribution in [0.2, 0.25) is 17.1 Å². The van der Waals surface area contributed by atoms with E-state index in [1.807, 2.05) is 42.5 Å². The van der Waals surface area contributed by atoms with Gasteiger partial charge in [0.1, 0.15) is 8.07 Å². The van der Waals surface area contributed by atoms with Gasteiger partial charge < -0.3 is 0 Å². The zero-order chi connectivity index (χ0) is 33.9. The number of alkyl halides is 9. The smallest absolute Gasteiger partial charge is 0.200 e. The van der Waals surface area contributed by atoms with Crippen molar-refractivity contribution in [1.82, 2.24) is 0 Å². The van der Waals surface area contributed by atoms with E-state index in [1.54, 1.807) is 39.8 Å². The van der Waals surface area contributed by atoms with Crippen LogP contribution in [0.4, 0.5) is 39.5 Å². The number of hydrogen-bond acceptors (Lipinski definition) is 0. The third-order valence-electron chi connectivity index (χ3n) is 9.21.